The van der Waals surface area contributed by atoms with Crippen LogP contribution in [0.1, 0.15) is 35.4 Å². The molecule has 0 radical (unpaired) electrons. The Labute approximate surface area is 152 Å². The fraction of sp³-hybridized carbons (Fsp3) is 0.400. The van der Waals surface area contributed by atoms with Gasteiger partial charge in [0.2, 0.25) is 0 Å². The van der Waals surface area contributed by atoms with Gasteiger partial charge in [-0.3, -0.25) is 9.89 Å². The molecule has 5 heteroatoms. The molecule has 0 saturated heterocycles. The first-order chi connectivity index (χ1) is 12.3. The molecule has 2 aromatic rings. The van der Waals surface area contributed by atoms with Crippen LogP contribution in [0.25, 0.3) is 15.8 Å². The van der Waals surface area contributed by atoms with Crippen LogP contribution in [0, 0.1) is 6.92 Å². The average Bonchev–Trinajstić information content (AvgIpc) is 3.03. The van der Waals surface area contributed by atoms with Crippen molar-refractivity contribution >= 4 is 32.8 Å². The van der Waals surface area contributed by atoms with Crippen molar-refractivity contribution in [2.75, 3.05) is 26.2 Å². The summed E-state index contributed by atoms with van der Waals surface area (Å²) in [6.45, 7) is 4.94. The van der Waals surface area contributed by atoms with Gasteiger partial charge in [0, 0.05) is 42.7 Å². The summed E-state index contributed by atoms with van der Waals surface area (Å²) < 4.78 is 1.29. The second-order valence-electron chi connectivity index (χ2n) is 6.57. The third-order valence-corrected chi connectivity index (χ3v) is 5.89. The van der Waals surface area contributed by atoms with E-state index in [-0.39, 0.29) is 6.61 Å². The zero-order valence-corrected chi connectivity index (χ0v) is 15.4. The van der Waals surface area contributed by atoms with Crippen LogP contribution in [-0.4, -0.2) is 46.9 Å². The standard InChI is InChI=1S/C20H23N3OS/c1-14-22-18-6-5-16(17-4-2-3-9-21-17)19(20(18)25-14)15-7-10-23(11-8-15)12-13-24/h3,5-7,9,24H,2,4,8,10-13H2,1H3. The summed E-state index contributed by atoms with van der Waals surface area (Å²) in [6.07, 6.45) is 9.45. The Kier molecular flexibility index (Phi) is 4.79. The molecule has 1 aromatic carbocycles. The first kappa shape index (κ1) is 16.6. The van der Waals surface area contributed by atoms with E-state index in [1.54, 1.807) is 11.3 Å². The summed E-state index contributed by atoms with van der Waals surface area (Å²) in [5.41, 5.74) is 6.27. The van der Waals surface area contributed by atoms with Gasteiger partial charge in [0.05, 0.1) is 21.8 Å². The van der Waals surface area contributed by atoms with Crippen LogP contribution in [-0.2, 0) is 0 Å². The van der Waals surface area contributed by atoms with Crippen molar-refractivity contribution in [3.63, 3.8) is 0 Å². The predicted octanol–water partition coefficient (Wildman–Crippen LogP) is 3.78. The molecule has 0 saturated carbocycles. The van der Waals surface area contributed by atoms with Gasteiger partial charge in [-0.1, -0.05) is 18.2 Å². The largest absolute Gasteiger partial charge is 0.395 e. The number of aromatic nitrogens is 1. The number of hydrogen-bond acceptors (Lipinski definition) is 5. The summed E-state index contributed by atoms with van der Waals surface area (Å²) in [7, 11) is 0. The molecular weight excluding hydrogens is 330 g/mol. The molecule has 2 aliphatic rings. The molecule has 1 N–H and O–H groups in total. The highest BCUT2D eigenvalue weighted by Gasteiger charge is 2.21. The molecule has 0 unspecified atom stereocenters. The first-order valence-corrected chi connectivity index (χ1v) is 9.72. The van der Waals surface area contributed by atoms with Crippen molar-refractivity contribution in [2.45, 2.75) is 26.2 Å². The lowest BCUT2D eigenvalue weighted by Gasteiger charge is -2.27. The third kappa shape index (κ3) is 3.32. The van der Waals surface area contributed by atoms with Crippen LogP contribution < -0.4 is 0 Å². The molecule has 0 bridgehead atoms. The van der Waals surface area contributed by atoms with Gasteiger partial charge < -0.3 is 5.11 Å². The van der Waals surface area contributed by atoms with E-state index in [1.807, 2.05) is 6.20 Å². The molecule has 0 spiro atoms. The lowest BCUT2D eigenvalue weighted by Crippen LogP contribution is -2.31. The zero-order valence-electron chi connectivity index (χ0n) is 14.5. The van der Waals surface area contributed by atoms with Crippen LogP contribution in [0.15, 0.2) is 35.5 Å². The molecule has 25 heavy (non-hydrogen) atoms. The van der Waals surface area contributed by atoms with Crippen molar-refractivity contribution in [3.8, 4) is 0 Å². The van der Waals surface area contributed by atoms with Gasteiger partial charge in [-0.15, -0.1) is 11.3 Å². The van der Waals surface area contributed by atoms with Crippen LogP contribution in [0.5, 0.6) is 0 Å². The quantitative estimate of drug-likeness (QED) is 0.910. The normalized spacial score (nSPS) is 18.5. The van der Waals surface area contributed by atoms with E-state index in [2.05, 4.69) is 41.1 Å². The number of β-amino-alcohol motifs (C(OH)–C–C–N with tert-alkyl or cyclic N) is 1. The minimum atomic E-state index is 0.223. The number of aliphatic hydroxyl groups excluding tert-OH is 1. The molecule has 0 fully saturated rings. The minimum Gasteiger partial charge on any atom is -0.395 e. The van der Waals surface area contributed by atoms with Crippen molar-refractivity contribution < 1.29 is 5.11 Å². The molecule has 0 atom stereocenters. The molecule has 4 nitrogen and oxygen atoms in total. The highest BCUT2D eigenvalue weighted by Crippen LogP contribution is 2.36. The highest BCUT2D eigenvalue weighted by molar-refractivity contribution is 7.18. The van der Waals surface area contributed by atoms with E-state index >= 15 is 0 Å². The number of aryl methyl sites for hydroxylation is 1. The highest BCUT2D eigenvalue weighted by atomic mass is 32.1. The number of thiazole rings is 1. The van der Waals surface area contributed by atoms with Gasteiger partial charge in [-0.2, -0.15) is 0 Å². The molecule has 0 amide bonds. The Morgan fingerprint density at radius 3 is 2.92 bits per heavy atom. The molecule has 0 aliphatic carbocycles. The minimum absolute atomic E-state index is 0.223. The van der Waals surface area contributed by atoms with Crippen molar-refractivity contribution in [1.82, 2.24) is 9.88 Å². The number of fused-ring (bicyclic) bond motifs is 1. The van der Waals surface area contributed by atoms with Gasteiger partial charge in [0.15, 0.2) is 0 Å². The van der Waals surface area contributed by atoms with Gasteiger partial charge in [0.25, 0.3) is 0 Å². The number of aliphatic hydroxyl groups is 1. The number of benzene rings is 1. The molecule has 3 heterocycles. The number of rotatable bonds is 4. The molecular formula is C20H23N3OS. The maximum Gasteiger partial charge on any atom is 0.0908 e. The zero-order chi connectivity index (χ0) is 17.2. The van der Waals surface area contributed by atoms with Gasteiger partial charge in [-0.05, 0) is 37.8 Å². The summed E-state index contributed by atoms with van der Waals surface area (Å²) in [4.78, 5) is 11.6. The lowest BCUT2D eigenvalue weighted by molar-refractivity contribution is 0.208. The number of hydrogen-bond donors (Lipinski definition) is 1. The van der Waals surface area contributed by atoms with Gasteiger partial charge in [0.1, 0.15) is 0 Å². The van der Waals surface area contributed by atoms with Gasteiger partial charge in [-0.25, -0.2) is 4.98 Å². The average molecular weight is 353 g/mol. The number of nitrogens with zero attached hydrogens (tertiary/aromatic N) is 3. The van der Waals surface area contributed by atoms with Crippen molar-refractivity contribution in [1.29, 1.82) is 0 Å². The van der Waals surface area contributed by atoms with E-state index in [9.17, 15) is 0 Å². The Morgan fingerprint density at radius 2 is 2.20 bits per heavy atom. The van der Waals surface area contributed by atoms with E-state index < -0.39 is 0 Å². The Balaban J connectivity index is 1.82. The Bertz CT molecular complexity index is 878. The Morgan fingerprint density at radius 1 is 1.28 bits per heavy atom. The third-order valence-electron chi connectivity index (χ3n) is 4.89. The smallest absolute Gasteiger partial charge is 0.0908 e. The van der Waals surface area contributed by atoms with E-state index in [1.165, 1.54) is 27.1 Å². The first-order valence-electron chi connectivity index (χ1n) is 8.91. The van der Waals surface area contributed by atoms with Crippen LogP contribution in [0.3, 0.4) is 0 Å². The SMILES string of the molecule is Cc1nc2ccc(C3=NC=CCC3)c(C3=CCN(CCO)CC3)c2s1. The summed E-state index contributed by atoms with van der Waals surface area (Å²) in [5.74, 6) is 0. The number of aliphatic imine (C=N–C) groups is 1. The summed E-state index contributed by atoms with van der Waals surface area (Å²) in [6, 6.07) is 4.34. The summed E-state index contributed by atoms with van der Waals surface area (Å²) >= 11 is 1.78. The Hall–Kier alpha value is -1.82. The van der Waals surface area contributed by atoms with Crippen LogP contribution in [0.2, 0.25) is 0 Å². The fourth-order valence-electron chi connectivity index (χ4n) is 3.65. The molecule has 1 aromatic heterocycles. The molecule has 2 aliphatic heterocycles. The van der Waals surface area contributed by atoms with Gasteiger partial charge >= 0.3 is 0 Å². The van der Waals surface area contributed by atoms with E-state index in [0.29, 0.717) is 0 Å². The van der Waals surface area contributed by atoms with Crippen molar-refractivity contribution in [2.24, 2.45) is 4.99 Å². The number of allylic oxidation sites excluding steroid dienone is 1. The predicted molar refractivity (Wildman–Crippen MR) is 105 cm³/mol. The lowest BCUT2D eigenvalue weighted by atomic mass is 9.90. The maximum atomic E-state index is 9.17. The second kappa shape index (κ2) is 7.20. The topological polar surface area (TPSA) is 48.7 Å². The van der Waals surface area contributed by atoms with E-state index in [4.69, 9.17) is 10.1 Å². The fourth-order valence-corrected chi connectivity index (χ4v) is 4.65. The monoisotopic (exact) mass is 353 g/mol. The van der Waals surface area contributed by atoms with Crippen LogP contribution >= 0.6 is 11.3 Å². The van der Waals surface area contributed by atoms with E-state index in [0.717, 1.165) is 49.4 Å². The molecule has 4 rings (SSSR count). The van der Waals surface area contributed by atoms with Crippen LogP contribution in [0.4, 0.5) is 0 Å². The maximum absolute atomic E-state index is 9.17. The van der Waals surface area contributed by atoms with Crippen molar-refractivity contribution in [3.05, 3.63) is 46.6 Å². The second-order valence-corrected chi connectivity index (χ2v) is 7.78. The summed E-state index contributed by atoms with van der Waals surface area (Å²) in [5, 5.41) is 10.3. The molecule has 130 valence electrons.